The molecular formula is C21H26N3O5S+. The molecule has 0 saturated carbocycles. The van der Waals surface area contributed by atoms with E-state index in [-0.39, 0.29) is 23.1 Å². The van der Waals surface area contributed by atoms with Crippen molar-refractivity contribution in [1.82, 2.24) is 0 Å². The maximum atomic E-state index is 12.8. The Morgan fingerprint density at radius 3 is 2.37 bits per heavy atom. The van der Waals surface area contributed by atoms with Gasteiger partial charge in [-0.2, -0.15) is 0 Å². The molecule has 0 aromatic heterocycles. The maximum Gasteiger partial charge on any atom is 0.292 e. The fourth-order valence-electron chi connectivity index (χ4n) is 3.23. The second kappa shape index (κ2) is 9.38. The van der Waals surface area contributed by atoms with Crippen molar-refractivity contribution >= 4 is 27.5 Å². The zero-order chi connectivity index (χ0) is 21.7. The van der Waals surface area contributed by atoms with Gasteiger partial charge in [0.2, 0.25) is 15.9 Å². The first-order valence-electron chi connectivity index (χ1n) is 9.84. The van der Waals surface area contributed by atoms with Crippen molar-refractivity contribution in [2.45, 2.75) is 43.7 Å². The summed E-state index contributed by atoms with van der Waals surface area (Å²) in [5.74, 6) is 0.198. The number of anilines is 1. The Kier molecular flexibility index (Phi) is 6.86. The van der Waals surface area contributed by atoms with Crippen molar-refractivity contribution < 1.29 is 28.1 Å². The fourth-order valence-corrected chi connectivity index (χ4v) is 3.75. The maximum absolute atomic E-state index is 12.8. The van der Waals surface area contributed by atoms with Gasteiger partial charge in [-0.25, -0.2) is 18.5 Å². The fraction of sp³-hybridized carbons (Fsp3) is 0.333. The monoisotopic (exact) mass is 432 g/mol. The van der Waals surface area contributed by atoms with E-state index < -0.39 is 16.1 Å². The number of rotatable bonds is 9. The lowest BCUT2D eigenvalue weighted by Gasteiger charge is -2.15. The van der Waals surface area contributed by atoms with Crippen molar-refractivity contribution in [3.63, 3.8) is 0 Å². The predicted octanol–water partition coefficient (Wildman–Crippen LogP) is 0.908. The normalized spacial score (nSPS) is 16.9. The Morgan fingerprint density at radius 1 is 1.10 bits per heavy atom. The van der Waals surface area contributed by atoms with Crippen LogP contribution >= 0.6 is 0 Å². The summed E-state index contributed by atoms with van der Waals surface area (Å²) in [6.45, 7) is 3.16. The summed E-state index contributed by atoms with van der Waals surface area (Å²) in [5, 5.41) is 6.88. The molecule has 2 aromatic rings. The van der Waals surface area contributed by atoms with E-state index in [4.69, 9.17) is 9.88 Å². The van der Waals surface area contributed by atoms with Gasteiger partial charge in [-0.3, -0.25) is 9.59 Å². The number of benzene rings is 2. The van der Waals surface area contributed by atoms with Gasteiger partial charge in [0.05, 0.1) is 23.6 Å². The number of primary sulfonamides is 1. The zero-order valence-corrected chi connectivity index (χ0v) is 17.6. The lowest BCUT2D eigenvalue weighted by atomic mass is 10.2. The quantitative estimate of drug-likeness (QED) is 0.450. The molecule has 1 aliphatic rings. The average Bonchev–Trinajstić information content (AvgIpc) is 3.00. The van der Waals surface area contributed by atoms with Gasteiger partial charge in [-0.05, 0) is 42.8 Å². The molecule has 3 rings (SSSR count). The molecule has 0 unspecified atom stereocenters. The molecule has 4 N–H and O–H groups in total. The standard InChI is InChI=1S/C21H25N3O5S/c1-2-3-12-29-17-8-6-16(7-9-17)24-20(25)13-19(21(24)26)23-14-15-4-10-18(11-5-15)30(22,27)28/h4-11,19,23H,2-3,12-14H2,1H3,(H2,22,27,28)/p+1/t19-/m1/s1. The number of ether oxygens (including phenoxy) is 1. The van der Waals surface area contributed by atoms with Crippen LogP contribution in [0.15, 0.2) is 53.4 Å². The van der Waals surface area contributed by atoms with Crippen LogP contribution in [0.5, 0.6) is 5.75 Å². The van der Waals surface area contributed by atoms with Crippen LogP contribution in [-0.4, -0.2) is 32.9 Å². The minimum Gasteiger partial charge on any atom is -0.494 e. The van der Waals surface area contributed by atoms with E-state index in [2.05, 4.69) is 6.92 Å². The minimum atomic E-state index is -3.74. The number of quaternary nitrogens is 1. The molecule has 0 aliphatic carbocycles. The summed E-state index contributed by atoms with van der Waals surface area (Å²) in [5.41, 5.74) is 1.36. The van der Waals surface area contributed by atoms with Crippen LogP contribution in [0.1, 0.15) is 31.7 Å². The van der Waals surface area contributed by atoms with Crippen LogP contribution in [0.3, 0.4) is 0 Å². The highest BCUT2D eigenvalue weighted by Crippen LogP contribution is 2.24. The van der Waals surface area contributed by atoms with Gasteiger partial charge in [-0.1, -0.05) is 25.5 Å². The Balaban J connectivity index is 1.60. The van der Waals surface area contributed by atoms with Crippen molar-refractivity contribution in [3.05, 3.63) is 54.1 Å². The van der Waals surface area contributed by atoms with E-state index in [9.17, 15) is 18.0 Å². The number of nitrogens with zero attached hydrogens (tertiary/aromatic N) is 1. The first kappa shape index (κ1) is 21.9. The van der Waals surface area contributed by atoms with Gasteiger partial charge in [0.1, 0.15) is 12.3 Å². The van der Waals surface area contributed by atoms with Gasteiger partial charge in [0.25, 0.3) is 5.91 Å². The van der Waals surface area contributed by atoms with E-state index in [0.29, 0.717) is 24.6 Å². The van der Waals surface area contributed by atoms with Crippen molar-refractivity contribution in [2.75, 3.05) is 11.5 Å². The molecule has 1 aliphatic heterocycles. The Morgan fingerprint density at radius 2 is 1.77 bits per heavy atom. The summed E-state index contributed by atoms with van der Waals surface area (Å²) in [7, 11) is -3.74. The smallest absolute Gasteiger partial charge is 0.292 e. The number of carbonyl (C=O) groups is 2. The number of hydrogen-bond acceptors (Lipinski definition) is 5. The molecule has 0 bridgehead atoms. The molecule has 0 radical (unpaired) electrons. The van der Waals surface area contributed by atoms with Gasteiger partial charge in [0, 0.05) is 5.56 Å². The second-order valence-electron chi connectivity index (χ2n) is 7.20. The lowest BCUT2D eigenvalue weighted by Crippen LogP contribution is -2.90. The lowest BCUT2D eigenvalue weighted by molar-refractivity contribution is -0.690. The van der Waals surface area contributed by atoms with E-state index in [1.807, 2.05) is 0 Å². The Hall–Kier alpha value is -2.75. The van der Waals surface area contributed by atoms with Crippen LogP contribution < -0.4 is 20.1 Å². The zero-order valence-electron chi connectivity index (χ0n) is 16.8. The first-order valence-corrected chi connectivity index (χ1v) is 11.4. The van der Waals surface area contributed by atoms with Gasteiger partial charge in [-0.15, -0.1) is 0 Å². The average molecular weight is 433 g/mol. The SMILES string of the molecule is CCCCOc1ccc(N2C(=O)C[C@@H]([NH2+]Cc3ccc(S(N)(=O)=O)cc3)C2=O)cc1. The third kappa shape index (κ3) is 5.24. The summed E-state index contributed by atoms with van der Waals surface area (Å²) in [6.07, 6.45) is 2.12. The van der Waals surface area contributed by atoms with Crippen LogP contribution in [0.25, 0.3) is 0 Å². The molecular weight excluding hydrogens is 406 g/mol. The highest BCUT2D eigenvalue weighted by atomic mass is 32.2. The molecule has 8 nitrogen and oxygen atoms in total. The Labute approximate surface area is 176 Å². The molecule has 2 aromatic carbocycles. The van der Waals surface area contributed by atoms with Gasteiger partial charge >= 0.3 is 0 Å². The third-order valence-corrected chi connectivity index (χ3v) is 5.86. The summed E-state index contributed by atoms with van der Waals surface area (Å²) in [6, 6.07) is 12.6. The van der Waals surface area contributed by atoms with Gasteiger partial charge in [0.15, 0.2) is 6.04 Å². The van der Waals surface area contributed by atoms with Gasteiger partial charge < -0.3 is 10.1 Å². The molecule has 0 spiro atoms. The molecule has 1 heterocycles. The van der Waals surface area contributed by atoms with Crippen LogP contribution in [0, 0.1) is 0 Å². The summed E-state index contributed by atoms with van der Waals surface area (Å²) < 4.78 is 28.3. The number of nitrogens with two attached hydrogens (primary N) is 2. The van der Waals surface area contributed by atoms with Crippen LogP contribution in [0.4, 0.5) is 5.69 Å². The molecule has 9 heteroatoms. The minimum absolute atomic E-state index is 0.0340. The largest absolute Gasteiger partial charge is 0.494 e. The van der Waals surface area contributed by atoms with Crippen molar-refractivity contribution in [1.29, 1.82) is 0 Å². The molecule has 1 saturated heterocycles. The summed E-state index contributed by atoms with van der Waals surface area (Å²) >= 11 is 0. The van der Waals surface area contributed by atoms with Crippen LogP contribution in [0.2, 0.25) is 0 Å². The molecule has 160 valence electrons. The highest BCUT2D eigenvalue weighted by Gasteiger charge is 2.42. The highest BCUT2D eigenvalue weighted by molar-refractivity contribution is 7.89. The number of unbranched alkanes of at least 4 members (excludes halogenated alkanes) is 1. The number of amides is 2. The van der Waals surface area contributed by atoms with Crippen molar-refractivity contribution in [2.24, 2.45) is 5.14 Å². The van der Waals surface area contributed by atoms with E-state index in [1.165, 1.54) is 17.0 Å². The third-order valence-electron chi connectivity index (χ3n) is 4.93. The van der Waals surface area contributed by atoms with E-state index in [0.717, 1.165) is 18.4 Å². The number of carbonyl (C=O) groups excluding carboxylic acids is 2. The number of imide groups is 1. The summed E-state index contributed by atoms with van der Waals surface area (Å²) in [4.78, 5) is 26.4. The van der Waals surface area contributed by atoms with E-state index in [1.54, 1.807) is 41.7 Å². The van der Waals surface area contributed by atoms with E-state index >= 15 is 0 Å². The number of hydrogen-bond donors (Lipinski definition) is 2. The molecule has 1 atom stereocenters. The Bertz CT molecular complexity index is 1000. The van der Waals surface area contributed by atoms with Crippen LogP contribution in [-0.2, 0) is 26.2 Å². The predicted molar refractivity (Wildman–Crippen MR) is 111 cm³/mol. The first-order chi connectivity index (χ1) is 14.3. The molecule has 2 amide bonds. The molecule has 1 fully saturated rings. The second-order valence-corrected chi connectivity index (χ2v) is 8.76. The number of sulfonamides is 1. The topological polar surface area (TPSA) is 123 Å². The van der Waals surface area contributed by atoms with Crippen molar-refractivity contribution in [3.8, 4) is 5.75 Å². The molecule has 30 heavy (non-hydrogen) atoms.